The van der Waals surface area contributed by atoms with Crippen LogP contribution in [0.25, 0.3) is 43.8 Å². The Balaban J connectivity index is 0.000000166. The molecule has 286 valence electrons. The van der Waals surface area contributed by atoms with Crippen molar-refractivity contribution in [2.45, 2.75) is 66.3 Å². The minimum absolute atomic E-state index is 0.248. The molecule has 0 bridgehead atoms. The van der Waals surface area contributed by atoms with Crippen LogP contribution in [0.3, 0.4) is 0 Å². The Bertz CT molecular complexity index is 2570. The van der Waals surface area contributed by atoms with Gasteiger partial charge in [-0.15, -0.1) is 0 Å². The summed E-state index contributed by atoms with van der Waals surface area (Å²) < 4.78 is 0. The second-order valence-corrected chi connectivity index (χ2v) is 15.0. The first kappa shape index (κ1) is 40.6. The molecule has 2 aliphatic rings. The molecule has 0 unspecified atom stereocenters. The van der Waals surface area contributed by atoms with Gasteiger partial charge < -0.3 is 11.1 Å². The molecule has 57 heavy (non-hydrogen) atoms. The lowest BCUT2D eigenvalue weighted by molar-refractivity contribution is 0.796. The topological polar surface area (TPSA) is 49.9 Å². The van der Waals surface area contributed by atoms with Gasteiger partial charge in [-0.1, -0.05) is 191 Å². The number of hydrogen-bond acceptors (Lipinski definition) is 2. The van der Waals surface area contributed by atoms with E-state index < -0.39 is 0 Å². The summed E-state index contributed by atoms with van der Waals surface area (Å²) in [6.07, 6.45) is 0. The Morgan fingerprint density at radius 1 is 0.491 bits per heavy atom. The third-order valence-electron chi connectivity index (χ3n) is 11.3. The van der Waals surface area contributed by atoms with E-state index in [1.165, 1.54) is 93.9 Å². The van der Waals surface area contributed by atoms with Gasteiger partial charge in [0, 0.05) is 6.54 Å². The van der Waals surface area contributed by atoms with E-state index in [0.717, 1.165) is 0 Å². The first-order valence-corrected chi connectivity index (χ1v) is 20.2. The Morgan fingerprint density at radius 3 is 1.58 bits per heavy atom. The summed E-state index contributed by atoms with van der Waals surface area (Å²) in [5, 5.41) is 11.0. The average Bonchev–Trinajstić information content (AvgIpc) is 3.73. The zero-order valence-electron chi connectivity index (χ0n) is 34.7. The maximum atomic E-state index is 6.00. The largest absolute Gasteiger partial charge is 0.326 e. The predicted molar refractivity (Wildman–Crippen MR) is 248 cm³/mol. The van der Waals surface area contributed by atoms with E-state index in [2.05, 4.69) is 187 Å². The van der Waals surface area contributed by atoms with Gasteiger partial charge in [0.2, 0.25) is 0 Å². The average molecular weight is 745 g/mol. The highest BCUT2D eigenvalue weighted by Gasteiger charge is 2.50. The van der Waals surface area contributed by atoms with Crippen molar-refractivity contribution in [2.24, 2.45) is 5.73 Å². The number of fused-ring (bicyclic) bond motifs is 7. The molecule has 0 fully saturated rings. The van der Waals surface area contributed by atoms with E-state index in [9.17, 15) is 0 Å². The monoisotopic (exact) mass is 744 g/mol. The van der Waals surface area contributed by atoms with E-state index in [0.29, 0.717) is 12.5 Å². The van der Waals surface area contributed by atoms with Crippen LogP contribution in [0.5, 0.6) is 0 Å². The highest BCUT2D eigenvalue weighted by atomic mass is 14.5. The minimum atomic E-state index is -0.248. The smallest absolute Gasteiger partial charge is 0.0725 e. The second-order valence-electron chi connectivity index (χ2n) is 15.0. The van der Waals surface area contributed by atoms with Crippen molar-refractivity contribution in [3.05, 3.63) is 214 Å². The Morgan fingerprint density at radius 2 is 1.02 bits per heavy atom. The van der Waals surface area contributed by atoms with Crippen LogP contribution >= 0.6 is 0 Å². The third-order valence-corrected chi connectivity index (χ3v) is 11.3. The van der Waals surface area contributed by atoms with Crippen molar-refractivity contribution in [3.63, 3.8) is 0 Å². The molecule has 3 N–H and O–H groups in total. The standard InChI is InChI=1S/C28H19N.C17H20.C7H8.C2H6.CH3N/c29-16-17-11-14-23-21(15-17)20-7-1-2-8-22(20)28(23)24-9-3-5-18-12-13-19-6-4-10-25(28)27(19)26(18)24;1-12(2)15-10-9-14(4)17(11-15)16-8-6-5-7-13(16)3;1-7-5-3-2-4-6-7;2*1-2/h1-15H,16,29H2;5-12H,1-4H3;2-6H,1H3;1-2H3;2H,1H2. The summed E-state index contributed by atoms with van der Waals surface area (Å²) in [6.45, 7) is 18.0. The van der Waals surface area contributed by atoms with E-state index >= 15 is 0 Å². The Labute approximate surface area is 340 Å². The van der Waals surface area contributed by atoms with Crippen LogP contribution in [0.15, 0.2) is 164 Å². The maximum Gasteiger partial charge on any atom is 0.0725 e. The normalized spacial score (nSPS) is 12.0. The van der Waals surface area contributed by atoms with Crippen LogP contribution < -0.4 is 5.73 Å². The minimum Gasteiger partial charge on any atom is -0.326 e. The fraction of sp³-hybridized carbons (Fsp3) is 0.182. The molecule has 0 saturated heterocycles. The van der Waals surface area contributed by atoms with Crippen molar-refractivity contribution in [2.75, 3.05) is 0 Å². The number of rotatable bonds is 3. The molecule has 1 spiro atoms. The molecular weight excluding hydrogens is 689 g/mol. The summed E-state index contributed by atoms with van der Waals surface area (Å²) in [7, 11) is 0. The second kappa shape index (κ2) is 17.8. The number of aryl methyl sites for hydroxylation is 3. The first-order valence-electron chi connectivity index (χ1n) is 20.2. The van der Waals surface area contributed by atoms with Crippen molar-refractivity contribution in [1.82, 2.24) is 0 Å². The van der Waals surface area contributed by atoms with Gasteiger partial charge in [-0.3, -0.25) is 0 Å². The van der Waals surface area contributed by atoms with Crippen LogP contribution in [-0.4, -0.2) is 6.72 Å². The molecule has 8 aromatic rings. The van der Waals surface area contributed by atoms with E-state index in [1.54, 1.807) is 0 Å². The molecule has 0 radical (unpaired) electrons. The van der Waals surface area contributed by atoms with Crippen molar-refractivity contribution >= 4 is 28.3 Å². The Hall–Kier alpha value is -6.09. The molecule has 0 saturated carbocycles. The number of hydrogen-bond donors (Lipinski definition) is 2. The Kier molecular flexibility index (Phi) is 12.7. The van der Waals surface area contributed by atoms with E-state index in [1.807, 2.05) is 32.0 Å². The van der Waals surface area contributed by atoms with Gasteiger partial charge >= 0.3 is 0 Å². The summed E-state index contributed by atoms with van der Waals surface area (Å²) in [5.74, 6) is 0.582. The summed E-state index contributed by atoms with van der Waals surface area (Å²) in [4.78, 5) is 0. The summed E-state index contributed by atoms with van der Waals surface area (Å²) in [6, 6.07) is 59.5. The number of benzene rings is 8. The van der Waals surface area contributed by atoms with Crippen molar-refractivity contribution in [1.29, 1.82) is 5.41 Å². The number of nitrogens with two attached hydrogens (primary N) is 1. The predicted octanol–water partition coefficient (Wildman–Crippen LogP) is 14.5. The molecule has 2 aliphatic carbocycles. The van der Waals surface area contributed by atoms with Gasteiger partial charge in [0.1, 0.15) is 0 Å². The van der Waals surface area contributed by atoms with Crippen molar-refractivity contribution in [3.8, 4) is 22.3 Å². The highest BCUT2D eigenvalue weighted by molar-refractivity contribution is 6.17. The van der Waals surface area contributed by atoms with Crippen LogP contribution in [0, 0.1) is 26.2 Å². The maximum absolute atomic E-state index is 6.00. The lowest BCUT2D eigenvalue weighted by Gasteiger charge is -2.30. The first-order chi connectivity index (χ1) is 27.8. The zero-order chi connectivity index (χ0) is 40.7. The summed E-state index contributed by atoms with van der Waals surface area (Å²) >= 11 is 0. The van der Waals surface area contributed by atoms with Gasteiger partial charge in [0.15, 0.2) is 0 Å². The molecule has 0 aliphatic heterocycles. The molecular formula is C55H56N2. The van der Waals surface area contributed by atoms with Crippen molar-refractivity contribution < 1.29 is 0 Å². The SMILES string of the molecule is C=N.CC.Cc1ccccc1.Cc1ccccc1-c1cc(C(C)C)ccc1C.NCc1ccc2c(c1)-c1ccccc1C21c2cccc3ccc4cccc1c4c23. The molecule has 0 aromatic heterocycles. The van der Waals surface area contributed by atoms with E-state index in [-0.39, 0.29) is 5.41 Å². The lowest BCUT2D eigenvalue weighted by Crippen LogP contribution is -2.26. The van der Waals surface area contributed by atoms with Crippen LogP contribution in [-0.2, 0) is 12.0 Å². The summed E-state index contributed by atoms with van der Waals surface area (Å²) in [5.41, 5.74) is 23.3. The fourth-order valence-corrected chi connectivity index (χ4v) is 8.66. The molecule has 0 atom stereocenters. The third kappa shape index (κ3) is 7.34. The van der Waals surface area contributed by atoms with Crippen LogP contribution in [0.2, 0.25) is 0 Å². The van der Waals surface area contributed by atoms with E-state index in [4.69, 9.17) is 11.1 Å². The molecule has 8 aromatic carbocycles. The van der Waals surface area contributed by atoms with Gasteiger partial charge in [0.05, 0.1) is 5.41 Å². The van der Waals surface area contributed by atoms with Crippen LogP contribution in [0.1, 0.15) is 83.7 Å². The van der Waals surface area contributed by atoms with Gasteiger partial charge in [0.25, 0.3) is 0 Å². The quantitative estimate of drug-likeness (QED) is 0.137. The van der Waals surface area contributed by atoms with Gasteiger partial charge in [-0.2, -0.15) is 0 Å². The van der Waals surface area contributed by atoms with Gasteiger partial charge in [-0.05, 0) is 128 Å². The molecule has 2 heteroatoms. The lowest BCUT2D eigenvalue weighted by atomic mass is 9.70. The molecule has 0 heterocycles. The number of nitrogens with one attached hydrogen (secondary N) is 1. The zero-order valence-corrected chi connectivity index (χ0v) is 34.7. The molecule has 2 nitrogen and oxygen atoms in total. The van der Waals surface area contributed by atoms with Gasteiger partial charge in [-0.25, -0.2) is 0 Å². The molecule has 0 amide bonds. The fourth-order valence-electron chi connectivity index (χ4n) is 8.66. The highest BCUT2D eigenvalue weighted by Crippen LogP contribution is 2.62. The molecule has 10 rings (SSSR count). The van der Waals surface area contributed by atoms with Crippen LogP contribution in [0.4, 0.5) is 0 Å².